The summed E-state index contributed by atoms with van der Waals surface area (Å²) in [7, 11) is 1.76. The van der Waals surface area contributed by atoms with Crippen LogP contribution in [0.3, 0.4) is 0 Å². The van der Waals surface area contributed by atoms with Crippen molar-refractivity contribution in [3.63, 3.8) is 0 Å². The topological polar surface area (TPSA) is 24.4 Å². The van der Waals surface area contributed by atoms with Crippen molar-refractivity contribution in [3.8, 4) is 0 Å². The van der Waals surface area contributed by atoms with Crippen molar-refractivity contribution in [2.24, 2.45) is 4.99 Å². The molecule has 1 N–H and O–H groups in total. The van der Waals surface area contributed by atoms with E-state index < -0.39 is 0 Å². The number of nitrogens with one attached hydrogen (secondary N) is 1. The van der Waals surface area contributed by atoms with Gasteiger partial charge in [-0.15, -0.1) is 0 Å². The predicted molar refractivity (Wildman–Crippen MR) is 83.3 cm³/mol. The number of nitrogens with zero attached hydrogens (tertiary/aromatic N) is 1. The first-order valence-electron chi connectivity index (χ1n) is 6.27. The molecule has 0 rings (SSSR count). The third kappa shape index (κ3) is 6.36. The molecule has 0 spiro atoms. The number of rotatable bonds is 7. The van der Waals surface area contributed by atoms with Crippen LogP contribution in [-0.2, 0) is 0 Å². The van der Waals surface area contributed by atoms with Crippen molar-refractivity contribution < 1.29 is 0 Å². The molecule has 0 aliphatic heterocycles. The molecule has 0 aliphatic rings. The first-order valence-corrected chi connectivity index (χ1v) is 6.27. The van der Waals surface area contributed by atoms with Crippen molar-refractivity contribution in [2.75, 3.05) is 7.05 Å². The molecule has 100 valence electrons. The van der Waals surface area contributed by atoms with Crippen LogP contribution in [0.15, 0.2) is 53.1 Å². The number of aliphatic imine (C=N–C) groups is 1. The van der Waals surface area contributed by atoms with E-state index in [2.05, 4.69) is 50.3 Å². The molecule has 0 saturated carbocycles. The Hall–Kier alpha value is -1.41. The second kappa shape index (κ2) is 8.65. The zero-order chi connectivity index (χ0) is 14.1. The fourth-order valence-corrected chi connectivity index (χ4v) is 1.50. The Balaban J connectivity index is 4.79. The van der Waals surface area contributed by atoms with E-state index >= 15 is 0 Å². The van der Waals surface area contributed by atoms with Crippen molar-refractivity contribution in [1.82, 2.24) is 5.32 Å². The Bertz CT molecular complexity index is 373. The Morgan fingerprint density at radius 2 is 1.89 bits per heavy atom. The fourth-order valence-electron chi connectivity index (χ4n) is 1.50. The van der Waals surface area contributed by atoms with Crippen LogP contribution < -0.4 is 5.32 Å². The standard InChI is InChI=1S/C16H26N2/c1-8-16(13(4)9-10-17-7)11-14(5)18-15(6)12(2)3/h8-11,14-15,18H,1-2H2,3-7H3/b13-9+,16-11+,17-10?. The maximum atomic E-state index is 3.95. The van der Waals surface area contributed by atoms with Crippen molar-refractivity contribution in [1.29, 1.82) is 0 Å². The maximum absolute atomic E-state index is 3.95. The van der Waals surface area contributed by atoms with Gasteiger partial charge in [-0.05, 0) is 44.9 Å². The molecule has 2 unspecified atom stereocenters. The van der Waals surface area contributed by atoms with Gasteiger partial charge in [-0.25, -0.2) is 0 Å². The van der Waals surface area contributed by atoms with E-state index in [1.165, 1.54) is 0 Å². The zero-order valence-corrected chi connectivity index (χ0v) is 12.3. The van der Waals surface area contributed by atoms with Gasteiger partial charge in [0.2, 0.25) is 0 Å². The first kappa shape index (κ1) is 16.6. The second-order valence-electron chi connectivity index (χ2n) is 4.61. The first-order chi connectivity index (χ1) is 8.42. The van der Waals surface area contributed by atoms with Gasteiger partial charge in [0.25, 0.3) is 0 Å². The van der Waals surface area contributed by atoms with Gasteiger partial charge in [0.1, 0.15) is 0 Å². The van der Waals surface area contributed by atoms with Gasteiger partial charge in [0.05, 0.1) is 0 Å². The van der Waals surface area contributed by atoms with Gasteiger partial charge >= 0.3 is 0 Å². The van der Waals surface area contributed by atoms with Crippen LogP contribution >= 0.6 is 0 Å². The molecule has 18 heavy (non-hydrogen) atoms. The summed E-state index contributed by atoms with van der Waals surface area (Å²) in [5.41, 5.74) is 3.43. The highest BCUT2D eigenvalue weighted by Gasteiger charge is 2.06. The van der Waals surface area contributed by atoms with E-state index in [0.717, 1.165) is 16.7 Å². The fraction of sp³-hybridized carbons (Fsp3) is 0.438. The van der Waals surface area contributed by atoms with Crippen LogP contribution in [-0.4, -0.2) is 25.3 Å². The molecule has 0 saturated heterocycles. The van der Waals surface area contributed by atoms with E-state index in [1.807, 2.05) is 19.1 Å². The lowest BCUT2D eigenvalue weighted by Gasteiger charge is -2.18. The van der Waals surface area contributed by atoms with Gasteiger partial charge in [-0.2, -0.15) is 0 Å². The second-order valence-corrected chi connectivity index (χ2v) is 4.61. The minimum atomic E-state index is 0.270. The predicted octanol–water partition coefficient (Wildman–Crippen LogP) is 3.69. The van der Waals surface area contributed by atoms with E-state index in [0.29, 0.717) is 6.04 Å². The summed E-state index contributed by atoms with van der Waals surface area (Å²) < 4.78 is 0. The minimum absolute atomic E-state index is 0.270. The molecule has 0 radical (unpaired) electrons. The molecule has 0 bridgehead atoms. The average Bonchev–Trinajstić information content (AvgIpc) is 2.32. The quantitative estimate of drug-likeness (QED) is 0.413. The van der Waals surface area contributed by atoms with Gasteiger partial charge in [0.15, 0.2) is 0 Å². The lowest BCUT2D eigenvalue weighted by molar-refractivity contribution is 0.566. The van der Waals surface area contributed by atoms with E-state index in [4.69, 9.17) is 0 Å². The van der Waals surface area contributed by atoms with E-state index in [-0.39, 0.29) is 6.04 Å². The van der Waals surface area contributed by atoms with Crippen LogP contribution in [0.1, 0.15) is 27.7 Å². The maximum Gasteiger partial charge on any atom is 0.0277 e. The van der Waals surface area contributed by atoms with Crippen LogP contribution in [0.5, 0.6) is 0 Å². The SMILES string of the molecule is C=CC(=C\C(C)NC(C)C(=C)C)/C(C)=C/C=NC. The molecule has 0 fully saturated rings. The summed E-state index contributed by atoms with van der Waals surface area (Å²) in [6, 6.07) is 0.579. The minimum Gasteiger partial charge on any atom is -0.305 e. The van der Waals surface area contributed by atoms with Crippen molar-refractivity contribution in [2.45, 2.75) is 39.8 Å². The van der Waals surface area contributed by atoms with E-state index in [9.17, 15) is 0 Å². The molecular formula is C16H26N2. The molecule has 0 heterocycles. The molecule has 2 atom stereocenters. The molecular weight excluding hydrogens is 220 g/mol. The highest BCUT2D eigenvalue weighted by Crippen LogP contribution is 2.11. The summed E-state index contributed by atoms with van der Waals surface area (Å²) in [5, 5.41) is 3.47. The molecule has 0 aromatic rings. The summed E-state index contributed by atoms with van der Waals surface area (Å²) >= 11 is 0. The van der Waals surface area contributed by atoms with E-state index in [1.54, 1.807) is 13.3 Å². The lowest BCUT2D eigenvalue weighted by Crippen LogP contribution is -2.33. The summed E-state index contributed by atoms with van der Waals surface area (Å²) in [6.07, 6.45) is 7.82. The third-order valence-electron chi connectivity index (χ3n) is 2.83. The zero-order valence-electron chi connectivity index (χ0n) is 12.3. The Kier molecular flexibility index (Phi) is 7.97. The number of hydrogen-bond donors (Lipinski definition) is 1. The average molecular weight is 246 g/mol. The van der Waals surface area contributed by atoms with Crippen LogP contribution in [0.25, 0.3) is 0 Å². The van der Waals surface area contributed by atoms with Gasteiger partial charge in [0, 0.05) is 25.3 Å². The Morgan fingerprint density at radius 3 is 2.33 bits per heavy atom. The highest BCUT2D eigenvalue weighted by atomic mass is 14.9. The molecule has 0 aromatic heterocycles. The smallest absolute Gasteiger partial charge is 0.0277 e. The van der Waals surface area contributed by atoms with Crippen molar-refractivity contribution >= 4 is 6.21 Å². The summed E-state index contributed by atoms with van der Waals surface area (Å²) in [6.45, 7) is 16.1. The third-order valence-corrected chi connectivity index (χ3v) is 2.83. The molecule has 2 nitrogen and oxygen atoms in total. The largest absolute Gasteiger partial charge is 0.305 e. The lowest BCUT2D eigenvalue weighted by atomic mass is 10.0. The molecule has 0 aliphatic carbocycles. The molecule has 2 heteroatoms. The Labute approximate surface area is 112 Å². The van der Waals surface area contributed by atoms with Gasteiger partial charge in [-0.1, -0.05) is 30.9 Å². The normalized spacial score (nSPS) is 16.7. The highest BCUT2D eigenvalue weighted by molar-refractivity contribution is 5.73. The Morgan fingerprint density at radius 1 is 1.28 bits per heavy atom. The van der Waals surface area contributed by atoms with Crippen LogP contribution in [0.2, 0.25) is 0 Å². The molecule has 0 aromatic carbocycles. The summed E-state index contributed by atoms with van der Waals surface area (Å²) in [5.74, 6) is 0. The van der Waals surface area contributed by atoms with Crippen LogP contribution in [0, 0.1) is 0 Å². The number of allylic oxidation sites excluding steroid dienone is 4. The monoisotopic (exact) mass is 246 g/mol. The summed E-state index contributed by atoms with van der Waals surface area (Å²) in [4.78, 5) is 3.95. The van der Waals surface area contributed by atoms with Crippen molar-refractivity contribution in [3.05, 3.63) is 48.1 Å². The number of hydrogen-bond acceptors (Lipinski definition) is 2. The van der Waals surface area contributed by atoms with Gasteiger partial charge in [-0.3, -0.25) is 4.99 Å². The van der Waals surface area contributed by atoms with Crippen LogP contribution in [0.4, 0.5) is 0 Å². The van der Waals surface area contributed by atoms with Gasteiger partial charge < -0.3 is 5.32 Å². The molecule has 0 amide bonds.